The SMILES string of the molecule is CN(CO)S(=O)(=O)c1ccccc1. The van der Waals surface area contributed by atoms with Crippen molar-refractivity contribution in [3.8, 4) is 0 Å². The summed E-state index contributed by atoms with van der Waals surface area (Å²) in [6.45, 7) is -0.517. The molecule has 0 aliphatic rings. The van der Waals surface area contributed by atoms with Crippen LogP contribution in [-0.4, -0.2) is 31.6 Å². The Balaban J connectivity index is 3.09. The van der Waals surface area contributed by atoms with Gasteiger partial charge in [-0.25, -0.2) is 8.42 Å². The first-order chi connectivity index (χ1) is 6.09. The molecule has 0 radical (unpaired) electrons. The molecule has 0 unspecified atom stereocenters. The Morgan fingerprint density at radius 2 is 1.85 bits per heavy atom. The maximum Gasteiger partial charge on any atom is 0.244 e. The third kappa shape index (κ3) is 2.06. The highest BCUT2D eigenvalue weighted by Crippen LogP contribution is 2.11. The molecule has 0 heterocycles. The van der Waals surface area contributed by atoms with Gasteiger partial charge in [0, 0.05) is 7.05 Å². The van der Waals surface area contributed by atoms with Crippen molar-refractivity contribution < 1.29 is 13.5 Å². The predicted octanol–water partition coefficient (Wildman–Crippen LogP) is 0.257. The van der Waals surface area contributed by atoms with Crippen LogP contribution in [0.5, 0.6) is 0 Å². The van der Waals surface area contributed by atoms with Gasteiger partial charge in [0.2, 0.25) is 10.0 Å². The van der Waals surface area contributed by atoms with Crippen molar-refractivity contribution in [3.05, 3.63) is 30.3 Å². The van der Waals surface area contributed by atoms with Gasteiger partial charge in [-0.1, -0.05) is 18.2 Å². The minimum Gasteiger partial charge on any atom is -0.380 e. The highest BCUT2D eigenvalue weighted by atomic mass is 32.2. The normalized spacial score (nSPS) is 11.9. The molecule has 1 aromatic rings. The zero-order valence-corrected chi connectivity index (χ0v) is 8.03. The fraction of sp³-hybridized carbons (Fsp3) is 0.250. The minimum atomic E-state index is -3.51. The molecule has 5 heteroatoms. The molecule has 0 atom stereocenters. The smallest absolute Gasteiger partial charge is 0.244 e. The van der Waals surface area contributed by atoms with Crippen molar-refractivity contribution in [2.24, 2.45) is 0 Å². The van der Waals surface area contributed by atoms with E-state index in [1.54, 1.807) is 18.2 Å². The average molecular weight is 201 g/mol. The van der Waals surface area contributed by atoms with Crippen LogP contribution in [0.1, 0.15) is 0 Å². The van der Waals surface area contributed by atoms with Crippen LogP contribution < -0.4 is 0 Å². The van der Waals surface area contributed by atoms with Gasteiger partial charge in [-0.2, -0.15) is 4.31 Å². The molecular formula is C8H11NO3S. The number of hydrogen-bond donors (Lipinski definition) is 1. The molecule has 0 aliphatic heterocycles. The van der Waals surface area contributed by atoms with Gasteiger partial charge >= 0.3 is 0 Å². The number of aliphatic hydroxyl groups is 1. The molecule has 0 amide bonds. The molecule has 0 aromatic heterocycles. The van der Waals surface area contributed by atoms with Gasteiger partial charge in [0.15, 0.2) is 0 Å². The van der Waals surface area contributed by atoms with Crippen LogP contribution >= 0.6 is 0 Å². The molecule has 0 aliphatic carbocycles. The minimum absolute atomic E-state index is 0.187. The fourth-order valence-corrected chi connectivity index (χ4v) is 1.86. The largest absolute Gasteiger partial charge is 0.380 e. The van der Waals surface area contributed by atoms with E-state index < -0.39 is 16.8 Å². The first kappa shape index (κ1) is 10.2. The Hall–Kier alpha value is -0.910. The van der Waals surface area contributed by atoms with Gasteiger partial charge in [0.25, 0.3) is 0 Å². The lowest BCUT2D eigenvalue weighted by molar-refractivity contribution is 0.199. The lowest BCUT2D eigenvalue weighted by Gasteiger charge is -2.13. The summed E-state index contributed by atoms with van der Waals surface area (Å²) in [7, 11) is -2.18. The van der Waals surface area contributed by atoms with Gasteiger partial charge in [0.1, 0.15) is 6.73 Å². The first-order valence-electron chi connectivity index (χ1n) is 3.71. The van der Waals surface area contributed by atoms with E-state index in [4.69, 9.17) is 5.11 Å². The summed E-state index contributed by atoms with van der Waals surface area (Å²) in [6, 6.07) is 7.98. The summed E-state index contributed by atoms with van der Waals surface area (Å²) < 4.78 is 23.9. The van der Waals surface area contributed by atoms with Gasteiger partial charge in [0.05, 0.1) is 4.90 Å². The standard InChI is InChI=1S/C8H11NO3S/c1-9(7-10)13(11,12)8-5-3-2-4-6-8/h2-6,10H,7H2,1H3. The molecule has 4 nitrogen and oxygen atoms in total. The van der Waals surface area contributed by atoms with Crippen LogP contribution in [0.15, 0.2) is 35.2 Å². The number of sulfonamides is 1. The summed E-state index contributed by atoms with van der Waals surface area (Å²) in [6.07, 6.45) is 0. The van der Waals surface area contributed by atoms with E-state index >= 15 is 0 Å². The molecule has 72 valence electrons. The number of nitrogens with zero attached hydrogens (tertiary/aromatic N) is 1. The Morgan fingerprint density at radius 1 is 1.31 bits per heavy atom. The quantitative estimate of drug-likeness (QED) is 0.713. The highest BCUT2D eigenvalue weighted by Gasteiger charge is 2.18. The highest BCUT2D eigenvalue weighted by molar-refractivity contribution is 7.89. The zero-order valence-electron chi connectivity index (χ0n) is 7.21. The van der Waals surface area contributed by atoms with Gasteiger partial charge in [-0.3, -0.25) is 0 Å². The molecule has 0 saturated heterocycles. The monoisotopic (exact) mass is 201 g/mol. The summed E-state index contributed by atoms with van der Waals surface area (Å²) >= 11 is 0. The van der Waals surface area contributed by atoms with Crippen LogP contribution in [0.3, 0.4) is 0 Å². The molecule has 1 aromatic carbocycles. The van der Waals surface area contributed by atoms with Gasteiger partial charge < -0.3 is 5.11 Å². The molecule has 1 N–H and O–H groups in total. The number of rotatable bonds is 3. The third-order valence-corrected chi connectivity index (χ3v) is 3.45. The van der Waals surface area contributed by atoms with Crippen molar-refractivity contribution in [2.45, 2.75) is 4.90 Å². The zero-order chi connectivity index (χ0) is 9.90. The molecule has 0 bridgehead atoms. The molecule has 0 spiro atoms. The van der Waals surface area contributed by atoms with Crippen LogP contribution in [0, 0.1) is 0 Å². The van der Waals surface area contributed by atoms with E-state index in [2.05, 4.69) is 0 Å². The van der Waals surface area contributed by atoms with E-state index in [1.165, 1.54) is 19.2 Å². The second-order valence-corrected chi connectivity index (χ2v) is 4.60. The van der Waals surface area contributed by atoms with E-state index in [-0.39, 0.29) is 4.90 Å². The fourth-order valence-electron chi connectivity index (χ4n) is 0.848. The second kappa shape index (κ2) is 3.87. The van der Waals surface area contributed by atoms with Crippen molar-refractivity contribution in [3.63, 3.8) is 0 Å². The Bertz CT molecular complexity index is 360. The number of hydrogen-bond acceptors (Lipinski definition) is 3. The predicted molar refractivity (Wildman–Crippen MR) is 48.5 cm³/mol. The Kier molecular flexibility index (Phi) is 3.02. The lowest BCUT2D eigenvalue weighted by Crippen LogP contribution is -2.27. The molecule has 13 heavy (non-hydrogen) atoms. The van der Waals surface area contributed by atoms with E-state index in [0.717, 1.165) is 4.31 Å². The molecule has 0 fully saturated rings. The summed E-state index contributed by atoms with van der Waals surface area (Å²) in [5.74, 6) is 0. The van der Waals surface area contributed by atoms with E-state index in [0.29, 0.717) is 0 Å². The van der Waals surface area contributed by atoms with E-state index in [9.17, 15) is 8.42 Å². The van der Waals surface area contributed by atoms with Crippen LogP contribution in [0.2, 0.25) is 0 Å². The van der Waals surface area contributed by atoms with Gasteiger partial charge in [-0.15, -0.1) is 0 Å². The van der Waals surface area contributed by atoms with Crippen molar-refractivity contribution in [1.82, 2.24) is 4.31 Å². The lowest BCUT2D eigenvalue weighted by atomic mass is 10.4. The average Bonchev–Trinajstić information content (AvgIpc) is 2.18. The maximum absolute atomic E-state index is 11.5. The molecule has 0 saturated carbocycles. The topological polar surface area (TPSA) is 57.6 Å². The summed E-state index contributed by atoms with van der Waals surface area (Å²) in [5.41, 5.74) is 0. The van der Waals surface area contributed by atoms with Crippen molar-refractivity contribution in [2.75, 3.05) is 13.8 Å². The number of aliphatic hydroxyl groups excluding tert-OH is 1. The third-order valence-electron chi connectivity index (χ3n) is 1.65. The summed E-state index contributed by atoms with van der Waals surface area (Å²) in [4.78, 5) is 0.187. The van der Waals surface area contributed by atoms with Crippen molar-refractivity contribution >= 4 is 10.0 Å². The molecular weight excluding hydrogens is 190 g/mol. The van der Waals surface area contributed by atoms with Crippen LogP contribution in [0.25, 0.3) is 0 Å². The number of benzene rings is 1. The Labute approximate surface area is 77.5 Å². The van der Waals surface area contributed by atoms with Crippen LogP contribution in [0.4, 0.5) is 0 Å². The molecule has 1 rings (SSSR count). The maximum atomic E-state index is 11.5. The van der Waals surface area contributed by atoms with Crippen LogP contribution in [-0.2, 0) is 10.0 Å². The van der Waals surface area contributed by atoms with Gasteiger partial charge in [-0.05, 0) is 12.1 Å². The first-order valence-corrected chi connectivity index (χ1v) is 5.15. The Morgan fingerprint density at radius 3 is 2.31 bits per heavy atom. The second-order valence-electron chi connectivity index (χ2n) is 2.56. The van der Waals surface area contributed by atoms with E-state index in [1.807, 2.05) is 0 Å². The summed E-state index contributed by atoms with van der Waals surface area (Å²) in [5, 5.41) is 8.68. The van der Waals surface area contributed by atoms with Crippen molar-refractivity contribution in [1.29, 1.82) is 0 Å².